The van der Waals surface area contributed by atoms with Crippen LogP contribution in [0.5, 0.6) is 0 Å². The van der Waals surface area contributed by atoms with Crippen molar-refractivity contribution in [2.45, 2.75) is 6.54 Å². The smallest absolute Gasteiger partial charge is 0.0178 e. The van der Waals surface area contributed by atoms with E-state index in [1.54, 1.807) is 0 Å². The molecule has 0 saturated carbocycles. The summed E-state index contributed by atoms with van der Waals surface area (Å²) in [7, 11) is 0. The first-order valence-corrected chi connectivity index (χ1v) is 2.87. The van der Waals surface area contributed by atoms with Crippen LogP contribution in [-0.4, -0.2) is 10.5 Å². The number of hydrogen-bond acceptors (Lipinski definition) is 3. The molecule has 0 aliphatic heterocycles. The maximum absolute atomic E-state index is 6.00. The first-order chi connectivity index (χ1) is 4.93. The maximum Gasteiger partial charge on any atom is 0.0178 e. The number of rotatable bonds is 1. The third-order valence-corrected chi connectivity index (χ3v) is 1.08. The van der Waals surface area contributed by atoms with Crippen molar-refractivity contribution < 1.29 is 10.5 Å². The van der Waals surface area contributed by atoms with Crippen LogP contribution in [0.3, 0.4) is 0 Å². The van der Waals surface area contributed by atoms with E-state index in [1.165, 1.54) is 5.56 Å². The molecule has 0 aliphatic carbocycles. The molecule has 0 aliphatic rings. The van der Waals surface area contributed by atoms with Crippen molar-refractivity contribution in [3.63, 3.8) is 0 Å². The van der Waals surface area contributed by atoms with E-state index in [9.17, 15) is 0 Å². The second-order valence-corrected chi connectivity index (χ2v) is 1.69. The number of hydrogen-bond donors (Lipinski definition) is 3. The van der Waals surface area contributed by atoms with Gasteiger partial charge in [0.2, 0.25) is 0 Å². The molecule has 4 N–H and O–H groups in total. The zero-order valence-corrected chi connectivity index (χ0v) is 5.57. The topological polar surface area (TPSA) is 66.5 Å². The SMILES string of the molecule is NCc1ccccc1.OO. The van der Waals surface area contributed by atoms with Gasteiger partial charge in [-0.15, -0.1) is 0 Å². The number of nitrogens with two attached hydrogens (primary N) is 1. The Labute approximate surface area is 59.7 Å². The normalized spacial score (nSPS) is 7.90. The van der Waals surface area contributed by atoms with Crippen molar-refractivity contribution in [2.75, 3.05) is 0 Å². The van der Waals surface area contributed by atoms with Crippen LogP contribution < -0.4 is 5.73 Å². The molecule has 1 aromatic rings. The van der Waals surface area contributed by atoms with Gasteiger partial charge in [-0.25, -0.2) is 0 Å². The monoisotopic (exact) mass is 141 g/mol. The van der Waals surface area contributed by atoms with Gasteiger partial charge in [-0.05, 0) is 5.56 Å². The van der Waals surface area contributed by atoms with Gasteiger partial charge in [-0.3, -0.25) is 10.5 Å². The Kier molecular flexibility index (Phi) is 5.66. The fraction of sp³-hybridized carbons (Fsp3) is 0.143. The van der Waals surface area contributed by atoms with Crippen molar-refractivity contribution in [3.8, 4) is 0 Å². The molecule has 0 unspecified atom stereocenters. The summed E-state index contributed by atoms with van der Waals surface area (Å²) in [5.41, 5.74) is 6.54. The Morgan fingerprint density at radius 3 is 1.90 bits per heavy atom. The first-order valence-electron chi connectivity index (χ1n) is 2.87. The highest BCUT2D eigenvalue weighted by atomic mass is 17.0. The van der Waals surface area contributed by atoms with E-state index in [0.29, 0.717) is 6.54 Å². The molecule has 0 radical (unpaired) electrons. The molecular weight excluding hydrogens is 130 g/mol. The summed E-state index contributed by atoms with van der Waals surface area (Å²) in [5.74, 6) is 0. The van der Waals surface area contributed by atoms with E-state index in [1.807, 2.05) is 30.3 Å². The van der Waals surface area contributed by atoms with Crippen LogP contribution in [0.15, 0.2) is 30.3 Å². The van der Waals surface area contributed by atoms with Crippen LogP contribution in [0.2, 0.25) is 0 Å². The molecule has 0 fully saturated rings. The van der Waals surface area contributed by atoms with Crippen LogP contribution >= 0.6 is 0 Å². The van der Waals surface area contributed by atoms with Crippen molar-refractivity contribution in [3.05, 3.63) is 35.9 Å². The summed E-state index contributed by atoms with van der Waals surface area (Å²) >= 11 is 0. The minimum atomic E-state index is 0.640. The van der Waals surface area contributed by atoms with Crippen LogP contribution in [0, 0.1) is 0 Å². The quantitative estimate of drug-likeness (QED) is 0.406. The summed E-state index contributed by atoms with van der Waals surface area (Å²) in [6, 6.07) is 9.99. The lowest BCUT2D eigenvalue weighted by Crippen LogP contribution is -1.94. The Hall–Kier alpha value is -0.900. The molecular formula is C7H11NO2. The summed E-state index contributed by atoms with van der Waals surface area (Å²) in [6.07, 6.45) is 0. The highest BCUT2D eigenvalue weighted by molar-refractivity contribution is 5.13. The van der Waals surface area contributed by atoms with Crippen LogP contribution in [0.25, 0.3) is 0 Å². The van der Waals surface area contributed by atoms with E-state index in [4.69, 9.17) is 16.2 Å². The van der Waals surface area contributed by atoms with Gasteiger partial charge in [0, 0.05) is 6.54 Å². The van der Waals surface area contributed by atoms with Gasteiger partial charge in [0.05, 0.1) is 0 Å². The van der Waals surface area contributed by atoms with Gasteiger partial charge >= 0.3 is 0 Å². The van der Waals surface area contributed by atoms with E-state index >= 15 is 0 Å². The molecule has 0 atom stereocenters. The summed E-state index contributed by atoms with van der Waals surface area (Å²) < 4.78 is 0. The molecule has 0 heterocycles. The van der Waals surface area contributed by atoms with Crippen molar-refractivity contribution in [2.24, 2.45) is 5.73 Å². The zero-order valence-electron chi connectivity index (χ0n) is 5.57. The third-order valence-electron chi connectivity index (χ3n) is 1.08. The van der Waals surface area contributed by atoms with Gasteiger partial charge in [0.15, 0.2) is 0 Å². The maximum atomic E-state index is 6.00. The standard InChI is InChI=1S/C7H9N.H2O2/c8-6-7-4-2-1-3-5-7;1-2/h1-5H,6,8H2;1-2H. The predicted molar refractivity (Wildman–Crippen MR) is 39.6 cm³/mol. The molecule has 1 rings (SSSR count). The minimum absolute atomic E-state index is 0.640. The van der Waals surface area contributed by atoms with Crippen molar-refractivity contribution >= 4 is 0 Å². The molecule has 56 valence electrons. The molecule has 0 saturated heterocycles. The Bertz CT molecular complexity index is 153. The highest BCUT2D eigenvalue weighted by Gasteiger charge is 1.80. The fourth-order valence-corrected chi connectivity index (χ4v) is 0.614. The number of benzene rings is 1. The Balaban J connectivity index is 0.000000371. The second-order valence-electron chi connectivity index (χ2n) is 1.69. The molecule has 3 nitrogen and oxygen atoms in total. The van der Waals surface area contributed by atoms with Gasteiger partial charge in [0.25, 0.3) is 0 Å². The van der Waals surface area contributed by atoms with Gasteiger partial charge in [-0.2, -0.15) is 0 Å². The van der Waals surface area contributed by atoms with Gasteiger partial charge < -0.3 is 5.73 Å². The van der Waals surface area contributed by atoms with Crippen molar-refractivity contribution in [1.82, 2.24) is 0 Å². The molecule has 0 aromatic heterocycles. The lowest BCUT2D eigenvalue weighted by atomic mass is 10.2. The summed E-state index contributed by atoms with van der Waals surface area (Å²) in [6.45, 7) is 0.640. The largest absolute Gasteiger partial charge is 0.326 e. The van der Waals surface area contributed by atoms with E-state index < -0.39 is 0 Å². The second kappa shape index (κ2) is 6.22. The Morgan fingerprint density at radius 2 is 1.60 bits per heavy atom. The molecule has 3 heteroatoms. The fourth-order valence-electron chi connectivity index (χ4n) is 0.614. The first kappa shape index (κ1) is 9.10. The molecule has 0 amide bonds. The molecule has 1 aromatic carbocycles. The van der Waals surface area contributed by atoms with Crippen LogP contribution in [0.1, 0.15) is 5.56 Å². The predicted octanol–water partition coefficient (Wildman–Crippen LogP) is 1.16. The van der Waals surface area contributed by atoms with Crippen LogP contribution in [0.4, 0.5) is 0 Å². The minimum Gasteiger partial charge on any atom is -0.326 e. The average molecular weight is 141 g/mol. The average Bonchev–Trinajstić information content (AvgIpc) is 2.10. The Morgan fingerprint density at radius 1 is 1.10 bits per heavy atom. The van der Waals surface area contributed by atoms with Crippen LogP contribution in [-0.2, 0) is 6.54 Å². The van der Waals surface area contributed by atoms with E-state index in [2.05, 4.69) is 0 Å². The lowest BCUT2D eigenvalue weighted by molar-refractivity contribution is -0.176. The molecule has 0 spiro atoms. The lowest BCUT2D eigenvalue weighted by Gasteiger charge is -1.90. The van der Waals surface area contributed by atoms with Gasteiger partial charge in [0.1, 0.15) is 0 Å². The summed E-state index contributed by atoms with van der Waals surface area (Å²) in [4.78, 5) is 0. The van der Waals surface area contributed by atoms with E-state index in [0.717, 1.165) is 0 Å². The highest BCUT2D eigenvalue weighted by Crippen LogP contribution is 1.94. The van der Waals surface area contributed by atoms with Gasteiger partial charge in [-0.1, -0.05) is 30.3 Å². The third kappa shape index (κ3) is 3.19. The summed E-state index contributed by atoms with van der Waals surface area (Å²) in [5, 5.41) is 12.0. The molecule has 0 bridgehead atoms. The molecule has 10 heavy (non-hydrogen) atoms. The van der Waals surface area contributed by atoms with Crippen molar-refractivity contribution in [1.29, 1.82) is 0 Å². The van der Waals surface area contributed by atoms with E-state index in [-0.39, 0.29) is 0 Å². The zero-order chi connectivity index (χ0) is 7.82.